The van der Waals surface area contributed by atoms with Crippen LogP contribution in [0.4, 0.5) is 4.39 Å². The molecule has 5 rings (SSSR count). The van der Waals surface area contributed by atoms with Crippen molar-refractivity contribution in [2.24, 2.45) is 0 Å². The first-order chi connectivity index (χ1) is 17.5. The Morgan fingerprint density at radius 3 is 2.64 bits per heavy atom. The standard InChI is InChI=1S/C29H27FN6/c1-5-18(17-36(3)4)11-19(6-2)25-13-22-28(16-32-25)34-35-29(22)26-12-21-23(14-31-15-27(21)33-26)20-9-7-8-10-24(20)30/h5-16,33H,1,17H2,2-4H3,(H,34,35)/b18-11+,19-6+. The van der Waals surface area contributed by atoms with Gasteiger partial charge >= 0.3 is 0 Å². The zero-order chi connectivity index (χ0) is 25.2. The normalized spacial score (nSPS) is 12.7. The Morgan fingerprint density at radius 2 is 1.89 bits per heavy atom. The van der Waals surface area contributed by atoms with Crippen molar-refractivity contribution in [2.75, 3.05) is 20.6 Å². The van der Waals surface area contributed by atoms with Crippen molar-refractivity contribution >= 4 is 27.4 Å². The van der Waals surface area contributed by atoms with Crippen LogP contribution in [0.25, 0.3) is 49.9 Å². The van der Waals surface area contributed by atoms with Crippen LogP contribution in [0.5, 0.6) is 0 Å². The van der Waals surface area contributed by atoms with Crippen LogP contribution in [-0.2, 0) is 0 Å². The van der Waals surface area contributed by atoms with Gasteiger partial charge in [0.25, 0.3) is 0 Å². The second-order valence-corrected chi connectivity index (χ2v) is 8.90. The van der Waals surface area contributed by atoms with Crippen molar-refractivity contribution in [2.45, 2.75) is 6.92 Å². The van der Waals surface area contributed by atoms with Gasteiger partial charge in [0.15, 0.2) is 0 Å². The van der Waals surface area contributed by atoms with E-state index < -0.39 is 0 Å². The fraction of sp³-hybridized carbons (Fsp3) is 0.138. The van der Waals surface area contributed by atoms with E-state index in [-0.39, 0.29) is 5.82 Å². The van der Waals surface area contributed by atoms with E-state index in [0.717, 1.165) is 62.1 Å². The summed E-state index contributed by atoms with van der Waals surface area (Å²) >= 11 is 0. The number of fused-ring (bicyclic) bond motifs is 2. The number of H-pyrrole nitrogens is 2. The number of benzene rings is 1. The molecule has 0 saturated carbocycles. The molecule has 0 aliphatic heterocycles. The maximum atomic E-state index is 14.6. The molecule has 6 nitrogen and oxygen atoms in total. The van der Waals surface area contributed by atoms with E-state index in [1.54, 1.807) is 30.7 Å². The van der Waals surface area contributed by atoms with Gasteiger partial charge in [-0.1, -0.05) is 36.9 Å². The van der Waals surface area contributed by atoms with Crippen LogP contribution in [-0.4, -0.2) is 50.7 Å². The minimum atomic E-state index is -0.282. The highest BCUT2D eigenvalue weighted by molar-refractivity contribution is 6.01. The average molecular weight is 479 g/mol. The fourth-order valence-corrected chi connectivity index (χ4v) is 4.39. The zero-order valence-corrected chi connectivity index (χ0v) is 20.5. The summed E-state index contributed by atoms with van der Waals surface area (Å²) in [7, 11) is 4.06. The second-order valence-electron chi connectivity index (χ2n) is 8.90. The van der Waals surface area contributed by atoms with E-state index in [1.165, 1.54) is 6.07 Å². The van der Waals surface area contributed by atoms with Crippen LogP contribution in [0.15, 0.2) is 85.4 Å². The molecule has 0 atom stereocenters. The Bertz CT molecular complexity index is 1640. The van der Waals surface area contributed by atoms with Crippen molar-refractivity contribution in [3.05, 3.63) is 96.9 Å². The van der Waals surface area contributed by atoms with Gasteiger partial charge in [-0.15, -0.1) is 0 Å². The molecule has 0 fully saturated rings. The summed E-state index contributed by atoms with van der Waals surface area (Å²) in [6.07, 6.45) is 11.3. The maximum absolute atomic E-state index is 14.6. The number of halogens is 1. The van der Waals surface area contributed by atoms with Gasteiger partial charge in [0, 0.05) is 34.6 Å². The van der Waals surface area contributed by atoms with Gasteiger partial charge < -0.3 is 9.88 Å². The topological polar surface area (TPSA) is 73.5 Å². The van der Waals surface area contributed by atoms with Crippen molar-refractivity contribution in [3.63, 3.8) is 0 Å². The lowest BCUT2D eigenvalue weighted by Crippen LogP contribution is -2.14. The van der Waals surface area contributed by atoms with Crippen LogP contribution in [0, 0.1) is 5.82 Å². The highest BCUT2D eigenvalue weighted by Crippen LogP contribution is 2.34. The summed E-state index contributed by atoms with van der Waals surface area (Å²) in [4.78, 5) is 14.5. The zero-order valence-electron chi connectivity index (χ0n) is 20.5. The summed E-state index contributed by atoms with van der Waals surface area (Å²) in [5.41, 5.74) is 7.42. The van der Waals surface area contributed by atoms with Gasteiger partial charge in [-0.2, -0.15) is 5.10 Å². The van der Waals surface area contributed by atoms with E-state index in [2.05, 4.69) is 42.7 Å². The number of nitrogens with one attached hydrogen (secondary N) is 2. The first-order valence-electron chi connectivity index (χ1n) is 11.7. The van der Waals surface area contributed by atoms with E-state index in [9.17, 15) is 4.39 Å². The minimum Gasteiger partial charge on any atom is -0.352 e. The number of hydrogen-bond donors (Lipinski definition) is 2. The van der Waals surface area contributed by atoms with Crippen LogP contribution >= 0.6 is 0 Å². The summed E-state index contributed by atoms with van der Waals surface area (Å²) in [5.74, 6) is -0.282. The van der Waals surface area contributed by atoms with Crippen LogP contribution in [0.3, 0.4) is 0 Å². The van der Waals surface area contributed by atoms with Crippen LogP contribution < -0.4 is 0 Å². The Labute approximate surface area is 208 Å². The van der Waals surface area contributed by atoms with Gasteiger partial charge in [-0.25, -0.2) is 4.39 Å². The van der Waals surface area contributed by atoms with Crippen molar-refractivity contribution in [1.82, 2.24) is 30.0 Å². The third-order valence-electron chi connectivity index (χ3n) is 6.12. The summed E-state index contributed by atoms with van der Waals surface area (Å²) in [5, 5.41) is 9.48. The molecule has 1 aromatic carbocycles. The molecular formula is C29H27FN6. The Kier molecular flexibility index (Phi) is 6.31. The summed E-state index contributed by atoms with van der Waals surface area (Å²) in [6, 6.07) is 10.8. The van der Waals surface area contributed by atoms with Gasteiger partial charge in [0.1, 0.15) is 11.5 Å². The molecule has 0 unspecified atom stereocenters. The van der Waals surface area contributed by atoms with E-state index in [4.69, 9.17) is 0 Å². The molecule has 4 aromatic heterocycles. The molecule has 36 heavy (non-hydrogen) atoms. The van der Waals surface area contributed by atoms with Crippen molar-refractivity contribution in [3.8, 4) is 22.5 Å². The monoisotopic (exact) mass is 478 g/mol. The quantitative estimate of drug-likeness (QED) is 0.266. The number of aromatic amines is 2. The highest BCUT2D eigenvalue weighted by Gasteiger charge is 2.16. The van der Waals surface area contributed by atoms with Crippen LogP contribution in [0.2, 0.25) is 0 Å². The molecule has 0 aliphatic rings. The largest absolute Gasteiger partial charge is 0.352 e. The summed E-state index contributed by atoms with van der Waals surface area (Å²) in [6.45, 7) is 6.74. The predicted octanol–water partition coefficient (Wildman–Crippen LogP) is 6.38. The molecule has 2 N–H and O–H groups in total. The Morgan fingerprint density at radius 1 is 1.06 bits per heavy atom. The summed E-state index contributed by atoms with van der Waals surface area (Å²) < 4.78 is 14.6. The molecule has 0 bridgehead atoms. The SMILES string of the molecule is C=C/C(=C\C(=C/C)c1cc2c(-c3cc4c(-c5ccccc5F)cncc4[nH]3)n[nH]c2cn1)CN(C)C. The fourth-order valence-electron chi connectivity index (χ4n) is 4.39. The van der Waals surface area contributed by atoms with Crippen LogP contribution in [0.1, 0.15) is 12.6 Å². The Hall–Kier alpha value is -4.36. The van der Waals surface area contributed by atoms with Gasteiger partial charge in [-0.05, 0) is 56.4 Å². The van der Waals surface area contributed by atoms with Gasteiger partial charge in [0.2, 0.25) is 0 Å². The predicted molar refractivity (Wildman–Crippen MR) is 145 cm³/mol. The molecule has 0 aliphatic carbocycles. The van der Waals surface area contributed by atoms with Crippen molar-refractivity contribution < 1.29 is 4.39 Å². The lowest BCUT2D eigenvalue weighted by molar-refractivity contribution is 0.449. The smallest absolute Gasteiger partial charge is 0.131 e. The number of pyridine rings is 2. The average Bonchev–Trinajstić information content (AvgIpc) is 3.50. The molecule has 7 heteroatoms. The number of allylic oxidation sites excluding steroid dienone is 3. The molecule has 0 amide bonds. The molecule has 0 radical (unpaired) electrons. The molecule has 180 valence electrons. The number of hydrogen-bond acceptors (Lipinski definition) is 4. The molecule has 5 aromatic rings. The van der Waals surface area contributed by atoms with E-state index in [0.29, 0.717) is 5.56 Å². The first kappa shape index (κ1) is 23.4. The maximum Gasteiger partial charge on any atom is 0.131 e. The van der Waals surface area contributed by atoms with Gasteiger partial charge in [0.05, 0.1) is 34.8 Å². The lowest BCUT2D eigenvalue weighted by atomic mass is 10.0. The number of nitrogens with zero attached hydrogens (tertiary/aromatic N) is 4. The molecular weight excluding hydrogens is 451 g/mol. The second kappa shape index (κ2) is 9.71. The number of rotatable bonds is 7. The van der Waals surface area contributed by atoms with E-state index in [1.807, 2.05) is 51.4 Å². The molecule has 0 spiro atoms. The first-order valence-corrected chi connectivity index (χ1v) is 11.7. The minimum absolute atomic E-state index is 0.282. The lowest BCUT2D eigenvalue weighted by Gasteiger charge is -2.11. The number of aromatic nitrogens is 5. The third kappa shape index (κ3) is 4.36. The van der Waals surface area contributed by atoms with Crippen molar-refractivity contribution in [1.29, 1.82) is 0 Å². The van der Waals surface area contributed by atoms with Gasteiger partial charge in [-0.3, -0.25) is 15.1 Å². The third-order valence-corrected chi connectivity index (χ3v) is 6.12. The molecule has 0 saturated heterocycles. The number of likely N-dealkylation sites (N-methyl/N-ethyl adjacent to an activating group) is 1. The molecule has 4 heterocycles. The highest BCUT2D eigenvalue weighted by atomic mass is 19.1. The van der Waals surface area contributed by atoms with E-state index >= 15 is 0 Å². The Balaban J connectivity index is 1.60.